The van der Waals surface area contributed by atoms with Crippen LogP contribution in [0.5, 0.6) is 0 Å². The van der Waals surface area contributed by atoms with Crippen LogP contribution < -0.4 is 5.73 Å². The molecule has 0 unspecified atom stereocenters. The molecule has 10 heteroatoms. The van der Waals surface area contributed by atoms with Gasteiger partial charge in [-0.15, -0.1) is 0 Å². The molecule has 0 aliphatic rings. The van der Waals surface area contributed by atoms with E-state index >= 15 is 0 Å². The molecule has 0 bridgehead atoms. The van der Waals surface area contributed by atoms with E-state index in [4.69, 9.17) is 10.5 Å². The van der Waals surface area contributed by atoms with E-state index in [-0.39, 0.29) is 23.4 Å². The molecular formula is C20H19BrF2N2O4S. The number of amides is 1. The van der Waals surface area contributed by atoms with Crippen molar-refractivity contribution in [1.29, 1.82) is 0 Å². The maximum Gasteiger partial charge on any atom is 0.405 e. The number of nitrogens with two attached hydrogens (primary N) is 1. The van der Waals surface area contributed by atoms with Gasteiger partial charge in [0.25, 0.3) is 0 Å². The van der Waals surface area contributed by atoms with Crippen molar-refractivity contribution in [3.05, 3.63) is 63.4 Å². The van der Waals surface area contributed by atoms with Crippen LogP contribution in [0, 0.1) is 23.5 Å². The number of sulfone groups is 1. The van der Waals surface area contributed by atoms with Gasteiger partial charge in [-0.2, -0.15) is 0 Å². The van der Waals surface area contributed by atoms with Gasteiger partial charge in [-0.05, 0) is 65.5 Å². The lowest BCUT2D eigenvalue weighted by Crippen LogP contribution is -2.28. The quantitative estimate of drug-likeness (QED) is 0.631. The summed E-state index contributed by atoms with van der Waals surface area (Å²) in [5, 5.41) is 0. The zero-order valence-corrected chi connectivity index (χ0v) is 18.8. The summed E-state index contributed by atoms with van der Waals surface area (Å²) in [6, 6.07) is 6.06. The number of hydrogen-bond donors (Lipinski definition) is 1. The molecule has 30 heavy (non-hydrogen) atoms. The van der Waals surface area contributed by atoms with Crippen molar-refractivity contribution in [1.82, 2.24) is 4.98 Å². The number of primary amides is 1. The van der Waals surface area contributed by atoms with Gasteiger partial charge < -0.3 is 10.5 Å². The van der Waals surface area contributed by atoms with Crippen LogP contribution in [0.1, 0.15) is 36.9 Å². The average molecular weight is 501 g/mol. The molecule has 2 rings (SSSR count). The third kappa shape index (κ3) is 6.24. The monoisotopic (exact) mass is 500 g/mol. The Balaban J connectivity index is 2.47. The molecule has 160 valence electrons. The number of aromatic nitrogens is 1. The van der Waals surface area contributed by atoms with Gasteiger partial charge in [-0.25, -0.2) is 27.0 Å². The predicted octanol–water partition coefficient (Wildman–Crippen LogP) is 3.68. The number of rotatable bonds is 5. The number of halogens is 3. The molecule has 2 N–H and O–H groups in total. The smallest absolute Gasteiger partial charge is 0.405 e. The molecule has 1 heterocycles. The van der Waals surface area contributed by atoms with Crippen LogP contribution in [-0.4, -0.2) is 30.5 Å². The Morgan fingerprint density at radius 2 is 1.87 bits per heavy atom. The van der Waals surface area contributed by atoms with Gasteiger partial charge in [0.05, 0.1) is 5.69 Å². The summed E-state index contributed by atoms with van der Waals surface area (Å²) < 4.78 is 55.0. The minimum Gasteiger partial charge on any atom is -0.439 e. The number of carbonyl (C=O) groups excluding carboxylic acids is 1. The Kier molecular flexibility index (Phi) is 7.21. The lowest BCUT2D eigenvalue weighted by Gasteiger charge is -2.18. The molecule has 0 radical (unpaired) electrons. The number of nitrogens with zero attached hydrogens (tertiary/aromatic N) is 1. The third-order valence-corrected chi connectivity index (χ3v) is 6.83. The van der Waals surface area contributed by atoms with Crippen molar-refractivity contribution in [2.45, 2.75) is 31.1 Å². The van der Waals surface area contributed by atoms with Gasteiger partial charge in [0.2, 0.25) is 0 Å². The fraction of sp³-hybridized carbons (Fsp3) is 0.300. The summed E-state index contributed by atoms with van der Waals surface area (Å²) >= 11 is 3.30. The number of hydrogen-bond acceptors (Lipinski definition) is 5. The molecule has 0 aliphatic carbocycles. The molecule has 0 saturated carbocycles. The molecule has 1 aromatic heterocycles. The van der Waals surface area contributed by atoms with E-state index in [1.165, 1.54) is 13.8 Å². The highest BCUT2D eigenvalue weighted by molar-refractivity contribution is 9.10. The SMILES string of the molecule is CC(C)(C#Cc1ccc(Br)c([C@H](Cc2cc(F)cc(F)c2)OC(N)=O)n1)S(C)(=O)=O. The Labute approximate surface area is 181 Å². The summed E-state index contributed by atoms with van der Waals surface area (Å²) in [5.41, 5.74) is 5.80. The first-order chi connectivity index (χ1) is 13.8. The topological polar surface area (TPSA) is 99.3 Å². The average Bonchev–Trinajstić information content (AvgIpc) is 2.58. The first-order valence-electron chi connectivity index (χ1n) is 8.59. The second-order valence-electron chi connectivity index (χ2n) is 7.00. The summed E-state index contributed by atoms with van der Waals surface area (Å²) in [5.74, 6) is 3.80. The Bertz CT molecular complexity index is 1120. The van der Waals surface area contributed by atoms with Gasteiger partial charge in [0, 0.05) is 23.2 Å². The van der Waals surface area contributed by atoms with Crippen LogP contribution in [0.2, 0.25) is 0 Å². The van der Waals surface area contributed by atoms with Gasteiger partial charge in [-0.3, -0.25) is 0 Å². The maximum atomic E-state index is 13.5. The first kappa shape index (κ1) is 23.8. The Hall–Kier alpha value is -2.51. The highest BCUT2D eigenvalue weighted by atomic mass is 79.9. The minimum absolute atomic E-state index is 0.102. The van der Waals surface area contributed by atoms with Gasteiger partial charge in [0.1, 0.15) is 22.1 Å². The van der Waals surface area contributed by atoms with Crippen LogP contribution in [0.15, 0.2) is 34.8 Å². The van der Waals surface area contributed by atoms with Crippen LogP contribution >= 0.6 is 15.9 Å². The van der Waals surface area contributed by atoms with Crippen LogP contribution in [0.4, 0.5) is 13.6 Å². The highest BCUT2D eigenvalue weighted by Gasteiger charge is 2.27. The van der Waals surface area contributed by atoms with Crippen molar-refractivity contribution in [2.24, 2.45) is 5.73 Å². The second kappa shape index (κ2) is 9.10. The van der Waals surface area contributed by atoms with Crippen LogP contribution in [0.25, 0.3) is 0 Å². The van der Waals surface area contributed by atoms with Crippen molar-refractivity contribution >= 4 is 31.9 Å². The highest BCUT2D eigenvalue weighted by Crippen LogP contribution is 2.28. The van der Waals surface area contributed by atoms with Crippen molar-refractivity contribution < 1.29 is 26.7 Å². The van der Waals surface area contributed by atoms with Gasteiger partial charge >= 0.3 is 6.09 Å². The Morgan fingerprint density at radius 3 is 2.40 bits per heavy atom. The maximum absolute atomic E-state index is 13.5. The zero-order chi connectivity index (χ0) is 22.7. The summed E-state index contributed by atoms with van der Waals surface area (Å²) in [6.07, 6.45) is -1.19. The molecule has 0 aliphatic heterocycles. The molecule has 0 saturated heterocycles. The Morgan fingerprint density at radius 1 is 1.27 bits per heavy atom. The molecular weight excluding hydrogens is 482 g/mol. The fourth-order valence-electron chi connectivity index (χ4n) is 2.34. The molecule has 0 spiro atoms. The van der Waals surface area contributed by atoms with Crippen molar-refractivity contribution in [2.75, 3.05) is 6.26 Å². The normalized spacial score (nSPS) is 12.6. The van der Waals surface area contributed by atoms with E-state index in [0.29, 0.717) is 4.47 Å². The molecule has 2 aromatic rings. The van der Waals surface area contributed by atoms with E-state index in [1.54, 1.807) is 12.1 Å². The fourth-order valence-corrected chi connectivity index (χ4v) is 3.05. The standard InChI is InChI=1S/C20H19BrF2N2O4S/c1-20(2,30(3,27)28)7-6-15-4-5-16(21)18(25-15)17(29-19(24)26)10-12-8-13(22)11-14(23)9-12/h4-5,8-9,11,17H,10H2,1-3H3,(H2,24,26)/t17-/m0/s1. The van der Waals surface area contributed by atoms with E-state index < -0.39 is 38.4 Å². The van der Waals surface area contributed by atoms with E-state index in [9.17, 15) is 22.0 Å². The lowest BCUT2D eigenvalue weighted by molar-refractivity contribution is 0.104. The van der Waals surface area contributed by atoms with E-state index in [0.717, 1.165) is 24.5 Å². The molecule has 1 aromatic carbocycles. The van der Waals surface area contributed by atoms with Crippen LogP contribution in [-0.2, 0) is 21.0 Å². The first-order valence-corrected chi connectivity index (χ1v) is 11.3. The number of carbonyl (C=O) groups is 1. The largest absolute Gasteiger partial charge is 0.439 e. The van der Waals surface area contributed by atoms with E-state index in [1.807, 2.05) is 0 Å². The van der Waals surface area contributed by atoms with Crippen molar-refractivity contribution in [3.8, 4) is 11.8 Å². The number of pyridine rings is 1. The number of ether oxygens (including phenoxy) is 1. The molecule has 1 atom stereocenters. The summed E-state index contributed by atoms with van der Waals surface area (Å²) in [7, 11) is -3.44. The molecule has 6 nitrogen and oxygen atoms in total. The zero-order valence-electron chi connectivity index (χ0n) is 16.4. The van der Waals surface area contributed by atoms with E-state index in [2.05, 4.69) is 32.8 Å². The predicted molar refractivity (Wildman–Crippen MR) is 111 cm³/mol. The second-order valence-corrected chi connectivity index (χ2v) is 10.4. The minimum atomic E-state index is -3.44. The summed E-state index contributed by atoms with van der Waals surface area (Å²) in [4.78, 5) is 15.7. The molecule has 1 amide bonds. The van der Waals surface area contributed by atoms with Crippen molar-refractivity contribution in [3.63, 3.8) is 0 Å². The van der Waals surface area contributed by atoms with Crippen LogP contribution in [0.3, 0.4) is 0 Å². The summed E-state index contributed by atoms with van der Waals surface area (Å²) in [6.45, 7) is 2.93. The van der Waals surface area contributed by atoms with Gasteiger partial charge in [-0.1, -0.05) is 5.92 Å². The lowest BCUT2D eigenvalue weighted by atomic mass is 10.0. The van der Waals surface area contributed by atoms with Gasteiger partial charge in [0.15, 0.2) is 15.9 Å². The number of benzene rings is 1. The molecule has 0 fully saturated rings. The third-order valence-electron chi connectivity index (χ3n) is 4.20.